The summed E-state index contributed by atoms with van der Waals surface area (Å²) in [6.07, 6.45) is -0.391. The third kappa shape index (κ3) is 4.41. The summed E-state index contributed by atoms with van der Waals surface area (Å²) in [6.45, 7) is 8.12. The van der Waals surface area contributed by atoms with E-state index in [9.17, 15) is 5.11 Å². The zero-order valence-electron chi connectivity index (χ0n) is 15.8. The average molecular weight is 371 g/mol. The average Bonchev–Trinajstić information content (AvgIpc) is 2.98. The van der Waals surface area contributed by atoms with E-state index in [2.05, 4.69) is 54.5 Å². The second-order valence-corrected chi connectivity index (χ2v) is 7.90. The molecule has 1 aromatic carbocycles. The van der Waals surface area contributed by atoms with Crippen LogP contribution in [0, 0.1) is 13.8 Å². The predicted octanol–water partition coefficient (Wildman–Crippen LogP) is 4.30. The second kappa shape index (κ2) is 8.16. The summed E-state index contributed by atoms with van der Waals surface area (Å²) in [5.41, 5.74) is 4.47. The van der Waals surface area contributed by atoms with Gasteiger partial charge in [0.05, 0.1) is 18.7 Å². The number of hydrogen-bond donors (Lipinski definition) is 1. The summed E-state index contributed by atoms with van der Waals surface area (Å²) in [5.74, 6) is 0.654. The van der Waals surface area contributed by atoms with E-state index in [1.165, 1.54) is 16.0 Å². The van der Waals surface area contributed by atoms with Crippen LogP contribution in [0.25, 0.3) is 10.9 Å². The maximum absolute atomic E-state index is 9.94. The monoisotopic (exact) mass is 370 g/mol. The molecule has 2 heterocycles. The Bertz CT molecular complexity index is 889. The molecule has 0 radical (unpaired) electrons. The molecule has 0 saturated heterocycles. The summed E-state index contributed by atoms with van der Waals surface area (Å²) in [6, 6.07) is 10.6. The Labute approximate surface area is 159 Å². The third-order valence-corrected chi connectivity index (χ3v) is 5.47. The smallest absolute Gasteiger partial charge is 0.218 e. The second-order valence-electron chi connectivity index (χ2n) is 6.90. The first kappa shape index (κ1) is 18.8. The normalized spacial score (nSPS) is 12.7. The molecule has 0 aliphatic heterocycles. The molecule has 0 spiro atoms. The fraction of sp³-hybridized carbons (Fsp3) is 0.381. The van der Waals surface area contributed by atoms with Gasteiger partial charge in [-0.2, -0.15) is 0 Å². The molecule has 2 aromatic heterocycles. The molecule has 1 unspecified atom stereocenters. The minimum atomic E-state index is -0.391. The Kier molecular flexibility index (Phi) is 5.91. The number of pyridine rings is 1. The Morgan fingerprint density at radius 1 is 1.19 bits per heavy atom. The largest absolute Gasteiger partial charge is 0.481 e. The Hall–Kier alpha value is -1.95. The van der Waals surface area contributed by atoms with Crippen LogP contribution in [0.5, 0.6) is 5.88 Å². The number of benzene rings is 1. The highest BCUT2D eigenvalue weighted by molar-refractivity contribution is 7.10. The van der Waals surface area contributed by atoms with Crippen molar-refractivity contribution in [3.8, 4) is 5.88 Å². The molecule has 138 valence electrons. The fourth-order valence-corrected chi connectivity index (χ4v) is 4.11. The Morgan fingerprint density at radius 2 is 2.00 bits per heavy atom. The lowest BCUT2D eigenvalue weighted by Gasteiger charge is -2.24. The number of aromatic nitrogens is 1. The number of fused-ring (bicyclic) bond motifs is 1. The van der Waals surface area contributed by atoms with Gasteiger partial charge in [-0.25, -0.2) is 4.98 Å². The maximum Gasteiger partial charge on any atom is 0.218 e. The minimum absolute atomic E-state index is 0.391. The van der Waals surface area contributed by atoms with Crippen molar-refractivity contribution in [3.63, 3.8) is 0 Å². The van der Waals surface area contributed by atoms with Gasteiger partial charge < -0.3 is 9.84 Å². The molecular formula is C21H26N2O2S. The van der Waals surface area contributed by atoms with Crippen molar-refractivity contribution in [2.24, 2.45) is 0 Å². The van der Waals surface area contributed by atoms with Gasteiger partial charge in [0.15, 0.2) is 0 Å². The summed E-state index contributed by atoms with van der Waals surface area (Å²) in [7, 11) is 1.66. The predicted molar refractivity (Wildman–Crippen MR) is 108 cm³/mol. The van der Waals surface area contributed by atoms with Gasteiger partial charge >= 0.3 is 0 Å². The zero-order chi connectivity index (χ0) is 18.7. The molecule has 26 heavy (non-hydrogen) atoms. The number of aliphatic hydroxyl groups is 1. The number of aliphatic hydroxyl groups excluding tert-OH is 1. The molecule has 0 aliphatic carbocycles. The SMILES string of the molecule is COc1nc2cc(C)ccc2cc1CN(Cc1sccc1C)CC(C)O. The lowest BCUT2D eigenvalue weighted by molar-refractivity contribution is 0.118. The van der Waals surface area contributed by atoms with E-state index in [1.807, 2.05) is 6.92 Å². The van der Waals surface area contributed by atoms with Gasteiger partial charge in [-0.05, 0) is 55.5 Å². The van der Waals surface area contributed by atoms with E-state index < -0.39 is 6.10 Å². The van der Waals surface area contributed by atoms with Crippen molar-refractivity contribution < 1.29 is 9.84 Å². The van der Waals surface area contributed by atoms with Crippen LogP contribution in [-0.4, -0.2) is 34.7 Å². The molecule has 3 aromatic rings. The van der Waals surface area contributed by atoms with Crippen LogP contribution in [0.1, 0.15) is 28.5 Å². The summed E-state index contributed by atoms with van der Waals surface area (Å²) in [4.78, 5) is 8.27. The topological polar surface area (TPSA) is 45.6 Å². The van der Waals surface area contributed by atoms with Gasteiger partial charge in [-0.3, -0.25) is 4.90 Å². The Balaban J connectivity index is 1.91. The lowest BCUT2D eigenvalue weighted by Crippen LogP contribution is -2.30. The number of hydrogen-bond acceptors (Lipinski definition) is 5. The lowest BCUT2D eigenvalue weighted by atomic mass is 10.1. The molecule has 1 N–H and O–H groups in total. The van der Waals surface area contributed by atoms with Crippen LogP contribution in [0.4, 0.5) is 0 Å². The molecule has 0 saturated carbocycles. The number of ether oxygens (including phenoxy) is 1. The van der Waals surface area contributed by atoms with Gasteiger partial charge in [-0.1, -0.05) is 12.1 Å². The van der Waals surface area contributed by atoms with Gasteiger partial charge in [0, 0.05) is 35.5 Å². The Morgan fingerprint density at radius 3 is 2.65 bits per heavy atom. The van der Waals surface area contributed by atoms with Gasteiger partial charge in [0.2, 0.25) is 5.88 Å². The molecule has 0 bridgehead atoms. The van der Waals surface area contributed by atoms with E-state index in [0.29, 0.717) is 19.0 Å². The van der Waals surface area contributed by atoms with E-state index in [-0.39, 0.29) is 0 Å². The zero-order valence-corrected chi connectivity index (χ0v) is 16.6. The van der Waals surface area contributed by atoms with Gasteiger partial charge in [0.25, 0.3) is 0 Å². The quantitative estimate of drug-likeness (QED) is 0.673. The first-order valence-corrected chi connectivity index (χ1v) is 9.72. The number of thiophene rings is 1. The summed E-state index contributed by atoms with van der Waals surface area (Å²) >= 11 is 1.76. The summed E-state index contributed by atoms with van der Waals surface area (Å²) < 4.78 is 5.56. The number of aryl methyl sites for hydroxylation is 2. The first-order valence-electron chi connectivity index (χ1n) is 8.84. The van der Waals surface area contributed by atoms with Crippen LogP contribution in [0.3, 0.4) is 0 Å². The molecular weight excluding hydrogens is 344 g/mol. The standard InChI is InChI=1S/C21H26N2O2S/c1-14-5-6-17-10-18(21(25-4)22-19(17)9-14)12-23(11-16(3)24)13-20-15(2)7-8-26-20/h5-10,16,24H,11-13H2,1-4H3. The van der Waals surface area contributed by atoms with E-state index in [4.69, 9.17) is 9.72 Å². The van der Waals surface area contributed by atoms with Crippen molar-refractivity contribution in [1.29, 1.82) is 0 Å². The van der Waals surface area contributed by atoms with Crippen LogP contribution in [0.15, 0.2) is 35.7 Å². The van der Waals surface area contributed by atoms with E-state index >= 15 is 0 Å². The van der Waals surface area contributed by atoms with Crippen molar-refractivity contribution in [3.05, 3.63) is 57.3 Å². The highest BCUT2D eigenvalue weighted by atomic mass is 32.1. The van der Waals surface area contributed by atoms with Crippen molar-refractivity contribution in [2.75, 3.05) is 13.7 Å². The van der Waals surface area contributed by atoms with E-state index in [1.54, 1.807) is 18.4 Å². The van der Waals surface area contributed by atoms with Crippen LogP contribution < -0.4 is 4.74 Å². The maximum atomic E-state index is 9.94. The number of methoxy groups -OCH3 is 1. The molecule has 0 aliphatic rings. The molecule has 1 atom stereocenters. The van der Waals surface area contributed by atoms with Crippen molar-refractivity contribution >= 4 is 22.2 Å². The molecule has 3 rings (SSSR count). The highest BCUT2D eigenvalue weighted by Gasteiger charge is 2.16. The molecule has 4 nitrogen and oxygen atoms in total. The summed E-state index contributed by atoms with van der Waals surface area (Å²) in [5, 5.41) is 13.2. The number of rotatable bonds is 7. The van der Waals surface area contributed by atoms with Gasteiger partial charge in [0.1, 0.15) is 0 Å². The number of nitrogens with zero attached hydrogens (tertiary/aromatic N) is 2. The fourth-order valence-electron chi connectivity index (χ4n) is 3.16. The van der Waals surface area contributed by atoms with Crippen molar-refractivity contribution in [1.82, 2.24) is 9.88 Å². The van der Waals surface area contributed by atoms with Crippen LogP contribution >= 0.6 is 11.3 Å². The van der Waals surface area contributed by atoms with Crippen molar-refractivity contribution in [2.45, 2.75) is 40.0 Å². The molecule has 0 amide bonds. The first-order chi connectivity index (χ1) is 12.5. The highest BCUT2D eigenvalue weighted by Crippen LogP contribution is 2.26. The molecule has 0 fully saturated rings. The van der Waals surface area contributed by atoms with Crippen LogP contribution in [0.2, 0.25) is 0 Å². The van der Waals surface area contributed by atoms with Gasteiger partial charge in [-0.15, -0.1) is 11.3 Å². The van der Waals surface area contributed by atoms with E-state index in [0.717, 1.165) is 23.0 Å². The third-order valence-electron chi connectivity index (χ3n) is 4.46. The van der Waals surface area contributed by atoms with Crippen LogP contribution in [-0.2, 0) is 13.1 Å². The molecule has 5 heteroatoms. The minimum Gasteiger partial charge on any atom is -0.481 e.